The number of sulfonamides is 1. The molecular weight excluding hydrogens is 304 g/mol. The van der Waals surface area contributed by atoms with E-state index in [1.807, 2.05) is 6.07 Å². The highest BCUT2D eigenvalue weighted by Gasteiger charge is 2.26. The van der Waals surface area contributed by atoms with Gasteiger partial charge in [0.2, 0.25) is 10.0 Å². The fourth-order valence-corrected chi connectivity index (χ4v) is 3.22. The Morgan fingerprint density at radius 2 is 2.20 bits per heavy atom. The Morgan fingerprint density at radius 1 is 1.55 bits per heavy atom. The van der Waals surface area contributed by atoms with Crippen LogP contribution < -0.4 is 0 Å². The van der Waals surface area contributed by atoms with Crippen LogP contribution in [-0.2, 0) is 14.8 Å². The summed E-state index contributed by atoms with van der Waals surface area (Å²) in [6.07, 6.45) is -0.954. The molecule has 0 bridgehead atoms. The van der Waals surface area contributed by atoms with Gasteiger partial charge < -0.3 is 9.84 Å². The highest BCUT2D eigenvalue weighted by Crippen LogP contribution is 2.23. The van der Waals surface area contributed by atoms with Crippen molar-refractivity contribution in [2.45, 2.75) is 11.0 Å². The Hall–Kier alpha value is -1.17. The van der Waals surface area contributed by atoms with Crippen molar-refractivity contribution < 1.29 is 18.3 Å². The molecule has 0 aliphatic carbocycles. The summed E-state index contributed by atoms with van der Waals surface area (Å²) in [7, 11) is -1.19. The first kappa shape index (κ1) is 16.9. The van der Waals surface area contributed by atoms with E-state index < -0.39 is 16.1 Å². The number of nitrogens with zero attached hydrogens (tertiary/aromatic N) is 2. The molecule has 1 unspecified atom stereocenters. The first-order valence-electron chi connectivity index (χ1n) is 5.66. The average Bonchev–Trinajstić information content (AvgIpc) is 2.38. The highest BCUT2D eigenvalue weighted by molar-refractivity contribution is 7.89. The number of nitriles is 1. The van der Waals surface area contributed by atoms with Gasteiger partial charge in [0.25, 0.3) is 0 Å². The van der Waals surface area contributed by atoms with Gasteiger partial charge in [-0.1, -0.05) is 11.6 Å². The van der Waals surface area contributed by atoms with E-state index >= 15 is 0 Å². The summed E-state index contributed by atoms with van der Waals surface area (Å²) in [4.78, 5) is -0.181. The fraction of sp³-hybridized carbons (Fsp3) is 0.417. The molecule has 1 N–H and O–H groups in total. The predicted molar refractivity (Wildman–Crippen MR) is 73.9 cm³/mol. The van der Waals surface area contributed by atoms with Crippen LogP contribution in [0.3, 0.4) is 0 Å². The molecule has 0 aliphatic rings. The number of rotatable bonds is 6. The summed E-state index contributed by atoms with van der Waals surface area (Å²) in [6.45, 7) is -0.131. The van der Waals surface area contributed by atoms with Crippen molar-refractivity contribution in [2.75, 3.05) is 27.3 Å². The summed E-state index contributed by atoms with van der Waals surface area (Å²) in [5.74, 6) is 0. The molecule has 0 radical (unpaired) electrons. The molecule has 1 atom stereocenters. The lowest BCUT2D eigenvalue weighted by molar-refractivity contribution is 0.0554. The topological polar surface area (TPSA) is 90.6 Å². The standard InChI is InChI=1S/C12H15ClN2O4S/c1-15(7-11(16)8-19-2)20(17,18)12-5-10(13)4-3-9(12)6-14/h3-5,11,16H,7-8H2,1-2H3. The third-order valence-electron chi connectivity index (χ3n) is 2.58. The zero-order valence-electron chi connectivity index (χ0n) is 11.1. The van der Waals surface area contributed by atoms with Gasteiger partial charge in [0.15, 0.2) is 0 Å². The number of halogens is 1. The Bertz CT molecular complexity index is 612. The second kappa shape index (κ2) is 7.02. The number of ether oxygens (including phenoxy) is 1. The van der Waals surface area contributed by atoms with Gasteiger partial charge in [-0.3, -0.25) is 0 Å². The summed E-state index contributed by atoms with van der Waals surface area (Å²) in [5.41, 5.74) is 0.00230. The molecule has 0 aliphatic heterocycles. The maximum atomic E-state index is 12.4. The van der Waals surface area contributed by atoms with E-state index in [4.69, 9.17) is 21.6 Å². The molecule has 1 aromatic carbocycles. The van der Waals surface area contributed by atoms with Crippen LogP contribution in [0.5, 0.6) is 0 Å². The zero-order chi connectivity index (χ0) is 15.3. The van der Waals surface area contributed by atoms with Crippen molar-refractivity contribution in [1.82, 2.24) is 4.31 Å². The molecule has 0 saturated heterocycles. The first-order chi connectivity index (χ1) is 9.32. The van der Waals surface area contributed by atoms with Crippen LogP contribution in [0.25, 0.3) is 0 Å². The number of benzene rings is 1. The minimum Gasteiger partial charge on any atom is -0.389 e. The molecule has 1 aromatic rings. The second-order valence-corrected chi connectivity index (χ2v) is 6.60. The van der Waals surface area contributed by atoms with Gasteiger partial charge in [-0.05, 0) is 18.2 Å². The van der Waals surface area contributed by atoms with Crippen molar-refractivity contribution in [3.8, 4) is 6.07 Å². The molecule has 0 saturated carbocycles. The monoisotopic (exact) mass is 318 g/mol. The molecule has 0 fully saturated rings. The summed E-state index contributed by atoms with van der Waals surface area (Å²) in [5, 5.41) is 18.8. The molecule has 1 rings (SSSR count). The van der Waals surface area contributed by atoms with Crippen LogP contribution in [0.2, 0.25) is 5.02 Å². The van der Waals surface area contributed by atoms with Crippen LogP contribution in [0.15, 0.2) is 23.1 Å². The maximum absolute atomic E-state index is 12.4. The Kier molecular flexibility index (Phi) is 5.92. The van der Waals surface area contributed by atoms with Gasteiger partial charge in [0.1, 0.15) is 11.0 Å². The van der Waals surface area contributed by atoms with Gasteiger partial charge in [0, 0.05) is 25.7 Å². The average molecular weight is 319 g/mol. The number of hydrogen-bond donors (Lipinski definition) is 1. The Morgan fingerprint density at radius 3 is 2.75 bits per heavy atom. The number of aliphatic hydroxyl groups excluding tert-OH is 1. The lowest BCUT2D eigenvalue weighted by Crippen LogP contribution is -2.36. The van der Waals surface area contributed by atoms with Crippen molar-refractivity contribution in [3.63, 3.8) is 0 Å². The molecule has 0 aromatic heterocycles. The van der Waals surface area contributed by atoms with Gasteiger partial charge in [0.05, 0.1) is 18.3 Å². The molecule has 110 valence electrons. The van der Waals surface area contributed by atoms with E-state index in [1.54, 1.807) is 0 Å². The lowest BCUT2D eigenvalue weighted by Gasteiger charge is -2.20. The number of hydrogen-bond acceptors (Lipinski definition) is 5. The minimum absolute atomic E-state index is 0.00230. The van der Waals surface area contributed by atoms with Crippen molar-refractivity contribution in [3.05, 3.63) is 28.8 Å². The predicted octanol–water partition coefficient (Wildman–Crippen LogP) is 0.839. The zero-order valence-corrected chi connectivity index (χ0v) is 12.6. The summed E-state index contributed by atoms with van der Waals surface area (Å²) >= 11 is 5.78. The molecule has 0 amide bonds. The van der Waals surface area contributed by atoms with Crippen LogP contribution in [0.4, 0.5) is 0 Å². The maximum Gasteiger partial charge on any atom is 0.244 e. The first-order valence-corrected chi connectivity index (χ1v) is 7.47. The molecule has 0 heterocycles. The normalized spacial score (nSPS) is 13.2. The Balaban J connectivity index is 3.11. The Labute approximate surface area is 123 Å². The summed E-state index contributed by atoms with van der Waals surface area (Å²) < 4.78 is 30.4. The molecule has 0 spiro atoms. The number of likely N-dealkylation sites (N-methyl/N-ethyl adjacent to an activating group) is 1. The third kappa shape index (κ3) is 3.91. The number of aliphatic hydroxyl groups is 1. The van der Waals surface area contributed by atoms with E-state index in [0.717, 1.165) is 4.31 Å². The smallest absolute Gasteiger partial charge is 0.244 e. The minimum atomic E-state index is -3.91. The summed E-state index contributed by atoms with van der Waals surface area (Å²) in [6, 6.07) is 5.81. The fourth-order valence-electron chi connectivity index (χ4n) is 1.61. The van der Waals surface area contributed by atoms with E-state index in [9.17, 15) is 13.5 Å². The van der Waals surface area contributed by atoms with Gasteiger partial charge >= 0.3 is 0 Å². The molecule has 6 nitrogen and oxygen atoms in total. The third-order valence-corrected chi connectivity index (χ3v) is 4.68. The molecule has 20 heavy (non-hydrogen) atoms. The van der Waals surface area contributed by atoms with Crippen molar-refractivity contribution >= 4 is 21.6 Å². The number of methoxy groups -OCH3 is 1. The SMILES string of the molecule is COCC(O)CN(C)S(=O)(=O)c1cc(Cl)ccc1C#N. The van der Waals surface area contributed by atoms with Crippen LogP contribution >= 0.6 is 11.6 Å². The van der Waals surface area contributed by atoms with Crippen molar-refractivity contribution in [2.24, 2.45) is 0 Å². The van der Waals surface area contributed by atoms with Gasteiger partial charge in [-0.25, -0.2) is 8.42 Å². The largest absolute Gasteiger partial charge is 0.389 e. The highest BCUT2D eigenvalue weighted by atomic mass is 35.5. The van der Waals surface area contributed by atoms with Crippen molar-refractivity contribution in [1.29, 1.82) is 5.26 Å². The lowest BCUT2D eigenvalue weighted by atomic mass is 10.2. The van der Waals surface area contributed by atoms with Crippen LogP contribution in [-0.4, -0.2) is 51.2 Å². The van der Waals surface area contributed by atoms with E-state index in [-0.39, 0.29) is 28.6 Å². The van der Waals surface area contributed by atoms with Gasteiger partial charge in [-0.15, -0.1) is 0 Å². The van der Waals surface area contributed by atoms with E-state index in [2.05, 4.69) is 0 Å². The quantitative estimate of drug-likeness (QED) is 0.839. The van der Waals surface area contributed by atoms with Crippen LogP contribution in [0, 0.1) is 11.3 Å². The van der Waals surface area contributed by atoms with Gasteiger partial charge in [-0.2, -0.15) is 9.57 Å². The molecule has 8 heteroatoms. The second-order valence-electron chi connectivity index (χ2n) is 4.15. The van der Waals surface area contributed by atoms with Crippen LogP contribution in [0.1, 0.15) is 5.56 Å². The van der Waals surface area contributed by atoms with E-state index in [0.29, 0.717) is 0 Å². The van der Waals surface area contributed by atoms with E-state index in [1.165, 1.54) is 32.4 Å². The molecular formula is C12H15ClN2O4S.